The van der Waals surface area contributed by atoms with Gasteiger partial charge < -0.3 is 10.1 Å². The largest absolute Gasteiger partial charge is 0.434 e. The molecule has 0 unspecified atom stereocenters. The maximum atomic E-state index is 10.4. The maximum absolute atomic E-state index is 10.4. The number of carbonyl (C=O) groups excluding carboxylic acids is 1. The second-order valence-corrected chi connectivity index (χ2v) is 1.69. The van der Waals surface area contributed by atoms with Crippen molar-refractivity contribution in [2.45, 2.75) is 0 Å². The number of rotatable bonds is 2. The van der Waals surface area contributed by atoms with Crippen LogP contribution in [0, 0.1) is 10.1 Å². The molecule has 0 fully saturated rings. The van der Waals surface area contributed by atoms with E-state index in [1.165, 1.54) is 0 Å². The number of carbonyl (C=O) groups is 1. The predicted molar refractivity (Wildman–Crippen MR) is 35.2 cm³/mol. The molecule has 1 aromatic rings. The molecule has 6 nitrogen and oxygen atoms in total. The van der Waals surface area contributed by atoms with Crippen molar-refractivity contribution in [3.63, 3.8) is 0 Å². The summed E-state index contributed by atoms with van der Waals surface area (Å²) < 4.78 is 21.2. The van der Waals surface area contributed by atoms with E-state index in [-0.39, 0.29) is 12.0 Å². The predicted octanol–water partition coefficient (Wildman–Crippen LogP) is 0.141. The minimum atomic E-state index is -2.78. The molecule has 0 bridgehead atoms. The minimum Gasteiger partial charge on any atom is -0.390 e. The van der Waals surface area contributed by atoms with Gasteiger partial charge in [0.25, 0.3) is 0 Å². The Kier molecular flexibility index (Phi) is 0.954. The summed E-state index contributed by atoms with van der Waals surface area (Å²) in [4.78, 5) is 23.0. The lowest BCUT2D eigenvalue weighted by atomic mass is 10.5. The van der Waals surface area contributed by atoms with Crippen molar-refractivity contribution in [3.8, 4) is 0 Å². The normalized spacial score (nSPS) is 14.7. The Morgan fingerprint density at radius 1 is 2.00 bits per heavy atom. The number of hydrogen-bond acceptors (Lipinski definition) is 4. The number of hydrogen-bond donors (Lipinski definition) is 0. The standard InChI is InChI=1S/C5H5N3O3/c1-7-4(3-9)2-6-5(7)8(10)11/h2-3H,1H3/i1D3. The molecule has 11 heavy (non-hydrogen) atoms. The molecule has 58 valence electrons. The van der Waals surface area contributed by atoms with Gasteiger partial charge in [0.15, 0.2) is 12.0 Å². The van der Waals surface area contributed by atoms with Gasteiger partial charge in [0, 0.05) is 0 Å². The van der Waals surface area contributed by atoms with Crippen LogP contribution in [0.15, 0.2) is 6.20 Å². The SMILES string of the molecule is [2H]C([2H])([2H])n1c(C=O)cnc1[N+](=O)[O-]. The summed E-state index contributed by atoms with van der Waals surface area (Å²) in [6.45, 7) is -2.78. The fraction of sp³-hybridized carbons (Fsp3) is 0.200. The van der Waals surface area contributed by atoms with Crippen LogP contribution in [-0.4, -0.2) is 20.8 Å². The lowest BCUT2D eigenvalue weighted by Gasteiger charge is -1.92. The van der Waals surface area contributed by atoms with Crippen LogP contribution in [0.5, 0.6) is 0 Å². The van der Waals surface area contributed by atoms with Crippen molar-refractivity contribution < 1.29 is 13.8 Å². The molecule has 0 aromatic carbocycles. The summed E-state index contributed by atoms with van der Waals surface area (Å²) in [5, 5.41) is 10.4. The summed E-state index contributed by atoms with van der Waals surface area (Å²) in [6.07, 6.45) is 1.05. The first-order valence-corrected chi connectivity index (χ1v) is 2.55. The van der Waals surface area contributed by atoms with E-state index in [2.05, 4.69) is 4.98 Å². The monoisotopic (exact) mass is 158 g/mol. The molecule has 0 N–H and O–H groups in total. The Hall–Kier alpha value is -1.72. The van der Waals surface area contributed by atoms with E-state index in [0.29, 0.717) is 4.57 Å². The highest BCUT2D eigenvalue weighted by atomic mass is 16.6. The van der Waals surface area contributed by atoms with E-state index < -0.39 is 17.8 Å². The third kappa shape index (κ3) is 1.09. The van der Waals surface area contributed by atoms with Crippen molar-refractivity contribution in [3.05, 3.63) is 22.0 Å². The van der Waals surface area contributed by atoms with Crippen LogP contribution in [-0.2, 0) is 6.98 Å². The van der Waals surface area contributed by atoms with Crippen LogP contribution < -0.4 is 0 Å². The van der Waals surface area contributed by atoms with Crippen LogP contribution in [0.2, 0.25) is 0 Å². The molecule has 0 atom stereocenters. The number of aromatic nitrogens is 2. The van der Waals surface area contributed by atoms with Crippen LogP contribution in [0.25, 0.3) is 0 Å². The van der Waals surface area contributed by atoms with Gasteiger partial charge in [-0.1, -0.05) is 4.98 Å². The molecule has 0 saturated carbocycles. The van der Waals surface area contributed by atoms with Gasteiger partial charge in [-0.2, -0.15) is 0 Å². The molecule has 0 aliphatic rings. The smallest absolute Gasteiger partial charge is 0.390 e. The highest BCUT2D eigenvalue weighted by Crippen LogP contribution is 2.07. The van der Waals surface area contributed by atoms with Crippen LogP contribution in [0.3, 0.4) is 0 Å². The van der Waals surface area contributed by atoms with Gasteiger partial charge in [0.2, 0.25) is 0 Å². The fourth-order valence-corrected chi connectivity index (χ4v) is 0.567. The van der Waals surface area contributed by atoms with Crippen molar-refractivity contribution in [2.24, 2.45) is 6.98 Å². The molecule has 1 aromatic heterocycles. The molecule has 6 heteroatoms. The summed E-state index contributed by atoms with van der Waals surface area (Å²) in [7, 11) is 0. The van der Waals surface area contributed by atoms with Crippen molar-refractivity contribution in [1.29, 1.82) is 0 Å². The van der Waals surface area contributed by atoms with E-state index >= 15 is 0 Å². The molecule has 0 radical (unpaired) electrons. The molecule has 1 heterocycles. The zero-order valence-electron chi connectivity index (χ0n) is 8.22. The third-order valence-electron chi connectivity index (χ3n) is 1.05. The second kappa shape index (κ2) is 2.49. The first-order chi connectivity index (χ1) is 6.38. The quantitative estimate of drug-likeness (QED) is 0.348. The zero-order chi connectivity index (χ0) is 10.9. The van der Waals surface area contributed by atoms with Crippen LogP contribution in [0.1, 0.15) is 14.6 Å². The molecular formula is C5H5N3O3. The highest BCUT2D eigenvalue weighted by molar-refractivity contribution is 5.72. The van der Waals surface area contributed by atoms with Crippen molar-refractivity contribution >= 4 is 12.2 Å². The van der Waals surface area contributed by atoms with Gasteiger partial charge in [-0.25, -0.2) is 4.57 Å². The Labute approximate surface area is 65.8 Å². The van der Waals surface area contributed by atoms with Crippen molar-refractivity contribution in [1.82, 2.24) is 9.55 Å². The zero-order valence-corrected chi connectivity index (χ0v) is 5.22. The third-order valence-corrected chi connectivity index (χ3v) is 1.05. The van der Waals surface area contributed by atoms with Gasteiger partial charge in [0.05, 0.1) is 11.1 Å². The molecule has 0 saturated heterocycles. The highest BCUT2D eigenvalue weighted by Gasteiger charge is 2.15. The lowest BCUT2D eigenvalue weighted by molar-refractivity contribution is -0.396. The fourth-order valence-electron chi connectivity index (χ4n) is 0.567. The molecular weight excluding hydrogens is 150 g/mol. The molecule has 1 rings (SSSR count). The van der Waals surface area contributed by atoms with Gasteiger partial charge in [-0.3, -0.25) is 4.79 Å². The first-order valence-electron chi connectivity index (χ1n) is 4.05. The van der Waals surface area contributed by atoms with E-state index in [4.69, 9.17) is 4.11 Å². The lowest BCUT2D eigenvalue weighted by Crippen LogP contribution is -2.00. The van der Waals surface area contributed by atoms with Crippen LogP contribution >= 0.6 is 0 Å². The molecule has 0 amide bonds. The number of imidazole rings is 1. The maximum Gasteiger partial charge on any atom is 0.434 e. The van der Waals surface area contributed by atoms with Gasteiger partial charge in [0.1, 0.15) is 6.20 Å². The second-order valence-electron chi connectivity index (χ2n) is 1.69. The van der Waals surface area contributed by atoms with E-state index in [1.807, 2.05) is 0 Å². The average Bonchev–Trinajstić information content (AvgIpc) is 2.45. The molecule has 0 aliphatic carbocycles. The Morgan fingerprint density at radius 3 is 3.18 bits per heavy atom. The van der Waals surface area contributed by atoms with Crippen molar-refractivity contribution in [2.75, 3.05) is 0 Å². The Morgan fingerprint density at radius 2 is 2.73 bits per heavy atom. The number of aldehydes is 1. The topological polar surface area (TPSA) is 78.0 Å². The van der Waals surface area contributed by atoms with Gasteiger partial charge in [-0.15, -0.1) is 0 Å². The van der Waals surface area contributed by atoms with Crippen LogP contribution in [0.4, 0.5) is 5.95 Å². The summed E-state index contributed by atoms with van der Waals surface area (Å²) in [5.74, 6) is -0.868. The average molecular weight is 158 g/mol. The van der Waals surface area contributed by atoms with Gasteiger partial charge in [-0.05, 0) is 4.92 Å². The molecule has 0 aliphatic heterocycles. The summed E-state index contributed by atoms with van der Waals surface area (Å²) >= 11 is 0. The number of nitrogens with zero attached hydrogens (tertiary/aromatic N) is 3. The Bertz CT molecular complexity index is 383. The number of nitro groups is 1. The van der Waals surface area contributed by atoms with E-state index in [1.54, 1.807) is 0 Å². The minimum absolute atomic E-state index is 0.201. The summed E-state index contributed by atoms with van der Waals surface area (Å²) in [5.41, 5.74) is -0.350. The summed E-state index contributed by atoms with van der Waals surface area (Å²) in [6, 6.07) is 0. The molecule has 0 spiro atoms. The van der Waals surface area contributed by atoms with Gasteiger partial charge >= 0.3 is 5.95 Å². The van der Waals surface area contributed by atoms with E-state index in [9.17, 15) is 14.9 Å². The van der Waals surface area contributed by atoms with E-state index in [0.717, 1.165) is 6.20 Å². The Balaban J connectivity index is 3.41. The first kappa shape index (κ1) is 4.22.